The van der Waals surface area contributed by atoms with Gasteiger partial charge in [0.2, 0.25) is 5.91 Å². The average molecular weight is 333 g/mol. The van der Waals surface area contributed by atoms with Crippen molar-refractivity contribution in [2.24, 2.45) is 23.2 Å². The number of carbonyl (C=O) groups is 2. The Morgan fingerprint density at radius 1 is 1.22 bits per heavy atom. The summed E-state index contributed by atoms with van der Waals surface area (Å²) in [5.74, 6) is 1.98. The van der Waals surface area contributed by atoms with E-state index in [1.807, 2.05) is 5.38 Å². The van der Waals surface area contributed by atoms with Gasteiger partial charge >= 0.3 is 5.97 Å². The van der Waals surface area contributed by atoms with Crippen LogP contribution in [-0.2, 0) is 9.53 Å². The molecule has 4 aliphatic carbocycles. The van der Waals surface area contributed by atoms with Crippen LogP contribution in [0.15, 0.2) is 11.4 Å². The second-order valence-corrected chi connectivity index (χ2v) is 8.45. The van der Waals surface area contributed by atoms with Gasteiger partial charge in [-0.15, -0.1) is 11.3 Å². The molecule has 1 aromatic rings. The molecular formula is C18H23NO3S. The van der Waals surface area contributed by atoms with Crippen molar-refractivity contribution in [3.63, 3.8) is 0 Å². The zero-order valence-corrected chi connectivity index (χ0v) is 14.3. The molecule has 0 unspecified atom stereocenters. The number of esters is 1. The monoisotopic (exact) mass is 333 g/mol. The number of nitrogens with one attached hydrogen (secondary N) is 1. The molecule has 5 heteroatoms. The van der Waals surface area contributed by atoms with E-state index >= 15 is 0 Å². The molecule has 4 saturated carbocycles. The molecule has 0 aliphatic heterocycles. The largest absolute Gasteiger partial charge is 0.462 e. The maximum Gasteiger partial charge on any atom is 0.341 e. The smallest absolute Gasteiger partial charge is 0.341 e. The Bertz CT molecular complexity index is 601. The molecular weight excluding hydrogens is 310 g/mol. The minimum atomic E-state index is -0.352. The molecule has 1 N–H and O–H groups in total. The van der Waals surface area contributed by atoms with Crippen LogP contribution in [0.4, 0.5) is 5.00 Å². The van der Waals surface area contributed by atoms with Crippen molar-refractivity contribution < 1.29 is 14.3 Å². The van der Waals surface area contributed by atoms with Crippen molar-refractivity contribution in [2.45, 2.75) is 45.4 Å². The Hall–Kier alpha value is -1.36. The molecule has 1 amide bonds. The maximum atomic E-state index is 13.0. The molecule has 4 fully saturated rings. The molecule has 0 aromatic carbocycles. The molecule has 124 valence electrons. The third-order valence-corrected chi connectivity index (χ3v) is 6.74. The van der Waals surface area contributed by atoms with Crippen LogP contribution in [0.2, 0.25) is 0 Å². The van der Waals surface area contributed by atoms with Gasteiger partial charge in [0, 0.05) is 0 Å². The number of carbonyl (C=O) groups excluding carboxylic acids is 2. The van der Waals surface area contributed by atoms with Gasteiger partial charge in [0.05, 0.1) is 17.6 Å². The van der Waals surface area contributed by atoms with E-state index < -0.39 is 0 Å². The second-order valence-electron chi connectivity index (χ2n) is 7.54. The number of hydrogen-bond acceptors (Lipinski definition) is 4. The summed E-state index contributed by atoms with van der Waals surface area (Å²) in [6.07, 6.45) is 7.06. The van der Waals surface area contributed by atoms with Gasteiger partial charge in [-0.25, -0.2) is 4.79 Å². The molecule has 1 aromatic heterocycles. The Morgan fingerprint density at radius 3 is 2.39 bits per heavy atom. The fourth-order valence-corrected chi connectivity index (χ4v) is 6.17. The summed E-state index contributed by atoms with van der Waals surface area (Å²) in [4.78, 5) is 25.0. The van der Waals surface area contributed by atoms with Crippen LogP contribution >= 0.6 is 11.3 Å². The van der Waals surface area contributed by atoms with E-state index in [2.05, 4.69) is 5.32 Å². The van der Waals surface area contributed by atoms with Crippen LogP contribution < -0.4 is 5.32 Å². The zero-order valence-electron chi connectivity index (χ0n) is 13.5. The van der Waals surface area contributed by atoms with E-state index in [1.165, 1.54) is 30.6 Å². The van der Waals surface area contributed by atoms with Crippen LogP contribution in [0.1, 0.15) is 55.8 Å². The zero-order chi connectivity index (χ0) is 16.0. The number of amides is 1. The summed E-state index contributed by atoms with van der Waals surface area (Å²) < 4.78 is 5.07. The number of anilines is 1. The molecule has 0 radical (unpaired) electrons. The normalized spacial score (nSPS) is 34.4. The summed E-state index contributed by atoms with van der Waals surface area (Å²) in [7, 11) is 0. The lowest BCUT2D eigenvalue weighted by atomic mass is 9.49. The second kappa shape index (κ2) is 5.62. The van der Waals surface area contributed by atoms with E-state index in [0.29, 0.717) is 17.2 Å². The van der Waals surface area contributed by atoms with Gasteiger partial charge in [0.15, 0.2) is 0 Å². The highest BCUT2D eigenvalue weighted by Crippen LogP contribution is 2.60. The molecule has 0 spiro atoms. The van der Waals surface area contributed by atoms with Crippen LogP contribution in [0.25, 0.3) is 0 Å². The first kappa shape index (κ1) is 15.2. The van der Waals surface area contributed by atoms with E-state index in [-0.39, 0.29) is 17.3 Å². The summed E-state index contributed by atoms with van der Waals surface area (Å²) in [6.45, 7) is 2.13. The fourth-order valence-electron chi connectivity index (χ4n) is 5.40. The number of rotatable bonds is 4. The molecule has 23 heavy (non-hydrogen) atoms. The van der Waals surface area contributed by atoms with E-state index in [9.17, 15) is 9.59 Å². The number of hydrogen-bond donors (Lipinski definition) is 1. The first-order valence-corrected chi connectivity index (χ1v) is 9.53. The molecule has 5 rings (SSSR count). The average Bonchev–Trinajstić information content (AvgIpc) is 2.94. The van der Waals surface area contributed by atoms with Gasteiger partial charge in [0.25, 0.3) is 0 Å². The molecule has 0 saturated heterocycles. The summed E-state index contributed by atoms with van der Waals surface area (Å²) in [5.41, 5.74) is 0.292. The highest BCUT2D eigenvalue weighted by atomic mass is 32.1. The van der Waals surface area contributed by atoms with Crippen molar-refractivity contribution in [1.82, 2.24) is 0 Å². The summed E-state index contributed by atoms with van der Waals surface area (Å²) >= 11 is 1.40. The van der Waals surface area contributed by atoms with Crippen molar-refractivity contribution in [2.75, 3.05) is 11.9 Å². The first-order chi connectivity index (χ1) is 11.1. The van der Waals surface area contributed by atoms with Crippen molar-refractivity contribution >= 4 is 28.2 Å². The highest BCUT2D eigenvalue weighted by molar-refractivity contribution is 7.14. The minimum Gasteiger partial charge on any atom is -0.462 e. The van der Waals surface area contributed by atoms with Crippen LogP contribution in [0, 0.1) is 23.2 Å². The molecule has 1 heterocycles. The van der Waals surface area contributed by atoms with E-state index in [1.54, 1.807) is 13.0 Å². The summed E-state index contributed by atoms with van der Waals surface area (Å²) in [5, 5.41) is 5.54. The van der Waals surface area contributed by atoms with Gasteiger partial charge in [-0.1, -0.05) is 0 Å². The standard InChI is InChI=1S/C18H23NO3S/c1-2-22-16(20)14-3-4-23-15(14)19-17(21)18-8-11-5-12(9-18)7-13(6-11)10-18/h3-4,11-13H,2,5-10H2,1H3,(H,19,21). The van der Waals surface area contributed by atoms with Crippen LogP contribution in [0.3, 0.4) is 0 Å². The SMILES string of the molecule is CCOC(=O)c1ccsc1NC(=O)C12CC3CC(CC(C3)C1)C2. The Kier molecular flexibility index (Phi) is 3.71. The predicted molar refractivity (Wildman–Crippen MR) is 89.5 cm³/mol. The lowest BCUT2D eigenvalue weighted by molar-refractivity contribution is -0.140. The van der Waals surface area contributed by atoms with Gasteiger partial charge in [-0.3, -0.25) is 4.79 Å². The van der Waals surface area contributed by atoms with Crippen LogP contribution in [-0.4, -0.2) is 18.5 Å². The van der Waals surface area contributed by atoms with Crippen molar-refractivity contribution in [3.8, 4) is 0 Å². The lowest BCUT2D eigenvalue weighted by Crippen LogP contribution is -2.51. The molecule has 4 aliphatic rings. The topological polar surface area (TPSA) is 55.4 Å². The van der Waals surface area contributed by atoms with E-state index in [0.717, 1.165) is 37.0 Å². The summed E-state index contributed by atoms with van der Waals surface area (Å²) in [6, 6.07) is 1.73. The Morgan fingerprint density at radius 2 is 1.83 bits per heavy atom. The lowest BCUT2D eigenvalue weighted by Gasteiger charge is -2.55. The third kappa shape index (κ3) is 2.59. The maximum absolute atomic E-state index is 13.0. The van der Waals surface area contributed by atoms with Crippen LogP contribution in [0.5, 0.6) is 0 Å². The van der Waals surface area contributed by atoms with Crippen molar-refractivity contribution in [3.05, 3.63) is 17.0 Å². The van der Waals surface area contributed by atoms with Gasteiger partial charge in [-0.2, -0.15) is 0 Å². The fraction of sp³-hybridized carbons (Fsp3) is 0.667. The predicted octanol–water partition coefficient (Wildman–Crippen LogP) is 4.08. The molecule has 4 nitrogen and oxygen atoms in total. The first-order valence-electron chi connectivity index (χ1n) is 8.65. The molecule has 0 atom stereocenters. The number of thiophene rings is 1. The molecule has 4 bridgehead atoms. The number of ether oxygens (including phenoxy) is 1. The Labute approximate surface area is 140 Å². The van der Waals surface area contributed by atoms with E-state index in [4.69, 9.17) is 4.74 Å². The third-order valence-electron chi connectivity index (χ3n) is 5.91. The highest BCUT2D eigenvalue weighted by Gasteiger charge is 2.54. The van der Waals surface area contributed by atoms with Gasteiger partial charge in [0.1, 0.15) is 5.00 Å². The van der Waals surface area contributed by atoms with Crippen molar-refractivity contribution in [1.29, 1.82) is 0 Å². The van der Waals surface area contributed by atoms with Gasteiger partial charge in [-0.05, 0) is 74.6 Å². The Balaban J connectivity index is 1.53. The van der Waals surface area contributed by atoms with Gasteiger partial charge < -0.3 is 10.1 Å². The minimum absolute atomic E-state index is 0.129. The quantitative estimate of drug-likeness (QED) is 0.845.